The van der Waals surface area contributed by atoms with E-state index in [0.717, 1.165) is 12.2 Å². The van der Waals surface area contributed by atoms with Gasteiger partial charge in [-0.05, 0) is 41.3 Å². The maximum atomic E-state index is 6.27. The molecule has 2 aromatic carbocycles. The lowest BCUT2D eigenvalue weighted by Gasteiger charge is -2.29. The van der Waals surface area contributed by atoms with Crippen molar-refractivity contribution in [2.75, 3.05) is 7.11 Å². The van der Waals surface area contributed by atoms with E-state index in [-0.39, 0.29) is 6.04 Å². The van der Waals surface area contributed by atoms with Crippen LogP contribution in [0.15, 0.2) is 30.3 Å². The maximum Gasteiger partial charge on any atom is 0.127 e. The second-order valence-electron chi connectivity index (χ2n) is 5.21. The fourth-order valence-corrected chi connectivity index (χ4v) is 3.14. The second kappa shape index (κ2) is 4.29. The van der Waals surface area contributed by atoms with E-state index in [0.29, 0.717) is 5.92 Å². The molecular weight excluding hydrogens is 222 g/mol. The van der Waals surface area contributed by atoms with Crippen molar-refractivity contribution in [2.45, 2.75) is 31.7 Å². The van der Waals surface area contributed by atoms with Gasteiger partial charge in [0.05, 0.1) is 7.11 Å². The highest BCUT2D eigenvalue weighted by atomic mass is 16.5. The van der Waals surface area contributed by atoms with Gasteiger partial charge in [-0.3, -0.25) is 0 Å². The molecule has 0 bridgehead atoms. The van der Waals surface area contributed by atoms with Gasteiger partial charge in [-0.1, -0.05) is 31.2 Å². The first-order chi connectivity index (χ1) is 8.72. The molecule has 0 saturated carbocycles. The fourth-order valence-electron chi connectivity index (χ4n) is 3.14. The van der Waals surface area contributed by atoms with Gasteiger partial charge in [0, 0.05) is 11.4 Å². The Labute approximate surface area is 108 Å². The quantitative estimate of drug-likeness (QED) is 0.825. The van der Waals surface area contributed by atoms with Crippen LogP contribution in [0.2, 0.25) is 0 Å². The fraction of sp³-hybridized carbons (Fsp3) is 0.375. The Kier molecular flexibility index (Phi) is 2.75. The van der Waals surface area contributed by atoms with E-state index in [1.807, 2.05) is 0 Å². The van der Waals surface area contributed by atoms with E-state index in [9.17, 15) is 0 Å². The minimum Gasteiger partial charge on any atom is -0.496 e. The Balaban J connectivity index is 2.39. The van der Waals surface area contributed by atoms with Crippen LogP contribution >= 0.6 is 0 Å². The lowest BCUT2D eigenvalue weighted by molar-refractivity contribution is 0.417. The summed E-state index contributed by atoms with van der Waals surface area (Å²) in [7, 11) is 1.73. The predicted octanol–water partition coefficient (Wildman–Crippen LogP) is 3.75. The average molecular weight is 241 g/mol. The SMILES string of the molecule is COc1cc2c(c3ccccc13)C(C)CCC2N. The molecular formula is C16H19NO. The number of methoxy groups -OCH3 is 1. The summed E-state index contributed by atoms with van der Waals surface area (Å²) in [6, 6.07) is 10.7. The zero-order chi connectivity index (χ0) is 12.7. The van der Waals surface area contributed by atoms with Crippen molar-refractivity contribution in [1.29, 1.82) is 0 Å². The van der Waals surface area contributed by atoms with Gasteiger partial charge in [0.25, 0.3) is 0 Å². The summed E-state index contributed by atoms with van der Waals surface area (Å²) in [5.74, 6) is 1.52. The highest BCUT2D eigenvalue weighted by molar-refractivity contribution is 5.92. The molecule has 0 aliphatic heterocycles. The highest BCUT2D eigenvalue weighted by Gasteiger charge is 2.25. The van der Waals surface area contributed by atoms with Crippen LogP contribution in [0.25, 0.3) is 10.8 Å². The molecule has 2 N–H and O–H groups in total. The maximum absolute atomic E-state index is 6.27. The minimum atomic E-state index is 0.148. The Morgan fingerprint density at radius 2 is 1.89 bits per heavy atom. The summed E-state index contributed by atoms with van der Waals surface area (Å²) >= 11 is 0. The van der Waals surface area contributed by atoms with E-state index in [1.165, 1.54) is 28.3 Å². The Morgan fingerprint density at radius 1 is 1.17 bits per heavy atom. The van der Waals surface area contributed by atoms with Gasteiger partial charge in [0.2, 0.25) is 0 Å². The molecule has 1 aliphatic rings. The first-order valence-corrected chi connectivity index (χ1v) is 6.57. The van der Waals surface area contributed by atoms with E-state index in [2.05, 4.69) is 37.3 Å². The van der Waals surface area contributed by atoms with Gasteiger partial charge < -0.3 is 10.5 Å². The molecule has 2 unspecified atom stereocenters. The summed E-state index contributed by atoms with van der Waals surface area (Å²) in [5.41, 5.74) is 8.96. The van der Waals surface area contributed by atoms with Crippen molar-refractivity contribution in [3.63, 3.8) is 0 Å². The zero-order valence-corrected chi connectivity index (χ0v) is 10.9. The molecule has 0 heterocycles. The van der Waals surface area contributed by atoms with Gasteiger partial charge in [-0.25, -0.2) is 0 Å². The molecule has 2 atom stereocenters. The molecule has 0 fully saturated rings. The van der Waals surface area contributed by atoms with Gasteiger partial charge in [-0.2, -0.15) is 0 Å². The van der Waals surface area contributed by atoms with Crippen molar-refractivity contribution < 1.29 is 4.74 Å². The first-order valence-electron chi connectivity index (χ1n) is 6.57. The largest absolute Gasteiger partial charge is 0.496 e. The van der Waals surface area contributed by atoms with Crippen molar-refractivity contribution in [3.8, 4) is 5.75 Å². The van der Waals surface area contributed by atoms with Crippen LogP contribution in [-0.2, 0) is 0 Å². The number of hydrogen-bond donors (Lipinski definition) is 1. The smallest absolute Gasteiger partial charge is 0.127 e. The van der Waals surface area contributed by atoms with Crippen LogP contribution in [0.4, 0.5) is 0 Å². The van der Waals surface area contributed by atoms with Gasteiger partial charge in [-0.15, -0.1) is 0 Å². The Morgan fingerprint density at radius 3 is 2.61 bits per heavy atom. The molecule has 0 amide bonds. The lowest BCUT2D eigenvalue weighted by atomic mass is 9.78. The molecule has 18 heavy (non-hydrogen) atoms. The molecule has 0 saturated heterocycles. The van der Waals surface area contributed by atoms with E-state index in [1.54, 1.807) is 7.11 Å². The molecule has 0 spiro atoms. The number of rotatable bonds is 1. The first kappa shape index (κ1) is 11.5. The standard InChI is InChI=1S/C16H19NO/c1-10-7-8-14(17)13-9-15(18-2)11-5-3-4-6-12(11)16(10)13/h3-6,9-10,14H,7-8,17H2,1-2H3. The number of ether oxygens (including phenoxy) is 1. The Bertz CT molecular complexity index is 591. The van der Waals surface area contributed by atoms with Gasteiger partial charge in [0.15, 0.2) is 0 Å². The van der Waals surface area contributed by atoms with Crippen LogP contribution in [0.5, 0.6) is 5.75 Å². The third kappa shape index (κ3) is 1.60. The predicted molar refractivity (Wildman–Crippen MR) is 75.1 cm³/mol. The zero-order valence-electron chi connectivity index (χ0n) is 10.9. The summed E-state index contributed by atoms with van der Waals surface area (Å²) in [6.07, 6.45) is 2.24. The third-order valence-corrected chi connectivity index (χ3v) is 4.10. The molecule has 0 aromatic heterocycles. The molecule has 2 nitrogen and oxygen atoms in total. The monoisotopic (exact) mass is 241 g/mol. The molecule has 2 aromatic rings. The molecule has 3 rings (SSSR count). The van der Waals surface area contributed by atoms with Crippen LogP contribution < -0.4 is 10.5 Å². The van der Waals surface area contributed by atoms with E-state index in [4.69, 9.17) is 10.5 Å². The molecule has 2 heteroatoms. The van der Waals surface area contributed by atoms with Gasteiger partial charge >= 0.3 is 0 Å². The number of nitrogens with two attached hydrogens (primary N) is 1. The van der Waals surface area contributed by atoms with E-state index >= 15 is 0 Å². The summed E-state index contributed by atoms with van der Waals surface area (Å²) < 4.78 is 5.52. The molecule has 1 aliphatic carbocycles. The average Bonchev–Trinajstić information content (AvgIpc) is 2.41. The van der Waals surface area contributed by atoms with Crippen LogP contribution in [-0.4, -0.2) is 7.11 Å². The Hall–Kier alpha value is -1.54. The lowest BCUT2D eigenvalue weighted by Crippen LogP contribution is -2.19. The molecule has 0 radical (unpaired) electrons. The summed E-state index contributed by atoms with van der Waals surface area (Å²) in [4.78, 5) is 0. The number of fused-ring (bicyclic) bond motifs is 3. The third-order valence-electron chi connectivity index (χ3n) is 4.10. The second-order valence-corrected chi connectivity index (χ2v) is 5.21. The van der Waals surface area contributed by atoms with Gasteiger partial charge in [0.1, 0.15) is 5.75 Å². The summed E-state index contributed by atoms with van der Waals surface area (Å²) in [6.45, 7) is 2.30. The van der Waals surface area contributed by atoms with Crippen molar-refractivity contribution in [2.24, 2.45) is 5.73 Å². The normalized spacial score (nSPS) is 22.8. The summed E-state index contributed by atoms with van der Waals surface area (Å²) in [5, 5.41) is 2.49. The van der Waals surface area contributed by atoms with Crippen LogP contribution in [0.1, 0.15) is 42.9 Å². The highest BCUT2D eigenvalue weighted by Crippen LogP contribution is 2.43. The van der Waals surface area contributed by atoms with Crippen LogP contribution in [0, 0.1) is 0 Å². The van der Waals surface area contributed by atoms with E-state index < -0.39 is 0 Å². The topological polar surface area (TPSA) is 35.2 Å². The molecule has 94 valence electrons. The van der Waals surface area contributed by atoms with Crippen LogP contribution in [0.3, 0.4) is 0 Å². The number of benzene rings is 2. The minimum absolute atomic E-state index is 0.148. The van der Waals surface area contributed by atoms with Crippen molar-refractivity contribution in [3.05, 3.63) is 41.5 Å². The number of hydrogen-bond acceptors (Lipinski definition) is 2. The van der Waals surface area contributed by atoms with Crippen molar-refractivity contribution >= 4 is 10.8 Å². The van der Waals surface area contributed by atoms with Crippen molar-refractivity contribution in [1.82, 2.24) is 0 Å².